The minimum Gasteiger partial charge on any atom is -0.399 e. The molecule has 1 aliphatic carbocycles. The van der Waals surface area contributed by atoms with Gasteiger partial charge in [-0.1, -0.05) is 30.4 Å². The third kappa shape index (κ3) is 1.37. The van der Waals surface area contributed by atoms with E-state index in [2.05, 4.69) is 17.1 Å². The van der Waals surface area contributed by atoms with Crippen LogP contribution in [0.15, 0.2) is 42.5 Å². The highest BCUT2D eigenvalue weighted by molar-refractivity contribution is 7.71. The van der Waals surface area contributed by atoms with E-state index in [1.54, 1.807) is 0 Å². The number of nitrogens with one attached hydrogen (secondary N) is 1. The Labute approximate surface area is 98.1 Å². The first-order valence-corrected chi connectivity index (χ1v) is 5.46. The molecule has 3 heteroatoms. The number of nitrogens with two attached hydrogens (primary N) is 1. The maximum Gasteiger partial charge on any atom is 0.0493 e. The van der Waals surface area contributed by atoms with Gasteiger partial charge in [0.1, 0.15) is 0 Å². The average molecular weight is 226 g/mol. The quantitative estimate of drug-likeness (QED) is 0.349. The largest absolute Gasteiger partial charge is 0.399 e. The molecule has 16 heavy (non-hydrogen) atoms. The molecule has 0 saturated carbocycles. The minimum atomic E-state index is 0.698. The van der Waals surface area contributed by atoms with Crippen molar-refractivity contribution in [3.8, 4) is 11.3 Å². The Bertz CT molecular complexity index is 700. The Hall–Kier alpha value is -1.87. The zero-order valence-electron chi connectivity index (χ0n) is 8.53. The Kier molecular flexibility index (Phi) is 1.94. The number of aromatic nitrogens is 1. The summed E-state index contributed by atoms with van der Waals surface area (Å²) in [5, 5.41) is 1.16. The van der Waals surface area contributed by atoms with Gasteiger partial charge in [-0.25, -0.2) is 0 Å². The molecule has 1 aliphatic heterocycles. The number of para-hydroxylation sites is 1. The van der Waals surface area contributed by atoms with Crippen LogP contribution >= 0.6 is 12.2 Å². The molecule has 0 unspecified atom stereocenters. The Balaban J connectivity index is 2.52. The van der Waals surface area contributed by atoms with E-state index >= 15 is 0 Å². The van der Waals surface area contributed by atoms with Crippen LogP contribution in [0.1, 0.15) is 0 Å². The smallest absolute Gasteiger partial charge is 0.0493 e. The highest BCUT2D eigenvalue weighted by Crippen LogP contribution is 2.27. The lowest BCUT2D eigenvalue weighted by molar-refractivity contribution is 1.38. The second-order valence-electron chi connectivity index (χ2n) is 3.84. The molecule has 0 atom stereocenters. The first-order valence-electron chi connectivity index (χ1n) is 5.05. The van der Waals surface area contributed by atoms with Gasteiger partial charge in [-0.05, 0) is 29.7 Å². The van der Waals surface area contributed by atoms with Crippen LogP contribution < -0.4 is 5.73 Å². The van der Waals surface area contributed by atoms with E-state index in [4.69, 9.17) is 18.0 Å². The Morgan fingerprint density at radius 1 is 1.06 bits per heavy atom. The normalized spacial score (nSPS) is 11.0. The summed E-state index contributed by atoms with van der Waals surface area (Å²) in [6.07, 6.45) is 0. The molecule has 3 N–H and O–H groups in total. The van der Waals surface area contributed by atoms with Crippen molar-refractivity contribution in [1.82, 2.24) is 4.98 Å². The van der Waals surface area contributed by atoms with Crippen LogP contribution in [-0.4, -0.2) is 4.98 Å². The van der Waals surface area contributed by atoms with Crippen molar-refractivity contribution in [2.45, 2.75) is 0 Å². The van der Waals surface area contributed by atoms with Gasteiger partial charge in [0.25, 0.3) is 0 Å². The van der Waals surface area contributed by atoms with E-state index in [9.17, 15) is 0 Å². The maximum absolute atomic E-state index is 5.78. The number of anilines is 1. The highest BCUT2D eigenvalue weighted by Gasteiger charge is 2.06. The second kappa shape index (κ2) is 3.32. The molecular formula is C13H10N2S. The Morgan fingerprint density at radius 3 is 2.75 bits per heavy atom. The zero-order valence-corrected chi connectivity index (χ0v) is 9.34. The number of nitrogen functional groups attached to an aromatic ring is 1. The predicted molar refractivity (Wildman–Crippen MR) is 70.2 cm³/mol. The summed E-state index contributed by atoms with van der Waals surface area (Å²) in [5.74, 6) is 0. The van der Waals surface area contributed by atoms with Crippen LogP contribution in [0.25, 0.3) is 22.2 Å². The summed E-state index contributed by atoms with van der Waals surface area (Å²) in [6.45, 7) is 0. The van der Waals surface area contributed by atoms with Crippen molar-refractivity contribution in [3.63, 3.8) is 0 Å². The van der Waals surface area contributed by atoms with Crippen molar-refractivity contribution in [2.24, 2.45) is 0 Å². The number of pyridine rings is 1. The van der Waals surface area contributed by atoms with Gasteiger partial charge in [0.05, 0.1) is 0 Å². The molecule has 1 aromatic rings. The van der Waals surface area contributed by atoms with Gasteiger partial charge in [0.15, 0.2) is 0 Å². The molecular weight excluding hydrogens is 216 g/mol. The van der Waals surface area contributed by atoms with Gasteiger partial charge in [0, 0.05) is 27.0 Å². The highest BCUT2D eigenvalue weighted by atomic mass is 32.1. The van der Waals surface area contributed by atoms with Gasteiger partial charge in [0.2, 0.25) is 0 Å². The molecule has 0 amide bonds. The van der Waals surface area contributed by atoms with E-state index in [-0.39, 0.29) is 0 Å². The molecule has 2 nitrogen and oxygen atoms in total. The molecule has 1 aromatic carbocycles. The SMILES string of the molecule is Nc1cc2[nH]c3ccccc3cc-2c(=S)c1. The van der Waals surface area contributed by atoms with Gasteiger partial charge in [-0.15, -0.1) is 0 Å². The van der Waals surface area contributed by atoms with E-state index in [1.165, 1.54) is 0 Å². The summed E-state index contributed by atoms with van der Waals surface area (Å²) in [4.78, 5) is 3.34. The van der Waals surface area contributed by atoms with Crippen molar-refractivity contribution < 1.29 is 0 Å². The van der Waals surface area contributed by atoms with E-state index in [0.717, 1.165) is 26.7 Å². The number of aromatic amines is 1. The van der Waals surface area contributed by atoms with Crippen LogP contribution in [0.4, 0.5) is 5.69 Å². The number of fused-ring (bicyclic) bond motifs is 2. The lowest BCUT2D eigenvalue weighted by Crippen LogP contribution is -1.92. The average Bonchev–Trinajstić information content (AvgIpc) is 2.27. The van der Waals surface area contributed by atoms with Gasteiger partial charge in [-0.2, -0.15) is 0 Å². The van der Waals surface area contributed by atoms with Crippen molar-refractivity contribution >= 4 is 28.8 Å². The zero-order chi connectivity index (χ0) is 11.1. The molecule has 78 valence electrons. The summed E-state index contributed by atoms with van der Waals surface area (Å²) in [7, 11) is 0. The Morgan fingerprint density at radius 2 is 1.88 bits per heavy atom. The second-order valence-corrected chi connectivity index (χ2v) is 4.28. The first-order chi connectivity index (χ1) is 7.74. The maximum atomic E-state index is 5.78. The number of H-pyrrole nitrogens is 1. The van der Waals surface area contributed by atoms with Gasteiger partial charge >= 0.3 is 0 Å². The van der Waals surface area contributed by atoms with Crippen LogP contribution in [0.5, 0.6) is 0 Å². The standard InChI is InChI=1S/C13H10N2S/c14-9-6-12-10(13(16)7-9)5-8-3-1-2-4-11(8)15-12/h1-7,15H,14H2. The lowest BCUT2D eigenvalue weighted by Gasteiger charge is -2.09. The fourth-order valence-corrected chi connectivity index (χ4v) is 2.24. The van der Waals surface area contributed by atoms with E-state index < -0.39 is 0 Å². The molecule has 3 rings (SSSR count). The van der Waals surface area contributed by atoms with Crippen molar-refractivity contribution in [3.05, 3.63) is 47.0 Å². The van der Waals surface area contributed by atoms with Crippen LogP contribution in [0.3, 0.4) is 0 Å². The number of rotatable bonds is 0. The third-order valence-corrected chi connectivity index (χ3v) is 3.03. The molecule has 0 fully saturated rings. The van der Waals surface area contributed by atoms with E-state index in [1.807, 2.05) is 30.3 Å². The summed E-state index contributed by atoms with van der Waals surface area (Å²) < 4.78 is 0.789. The molecule has 2 aliphatic rings. The summed E-state index contributed by atoms with van der Waals surface area (Å²) in [6, 6.07) is 14.0. The molecule has 0 aromatic heterocycles. The van der Waals surface area contributed by atoms with Crippen molar-refractivity contribution in [2.75, 3.05) is 5.73 Å². The summed E-state index contributed by atoms with van der Waals surface area (Å²) >= 11 is 5.30. The third-order valence-electron chi connectivity index (χ3n) is 2.69. The monoisotopic (exact) mass is 226 g/mol. The van der Waals surface area contributed by atoms with Gasteiger partial charge in [-0.3, -0.25) is 0 Å². The minimum absolute atomic E-state index is 0.698. The van der Waals surface area contributed by atoms with Crippen molar-refractivity contribution in [1.29, 1.82) is 0 Å². The molecule has 0 radical (unpaired) electrons. The first kappa shape index (κ1) is 9.36. The topological polar surface area (TPSA) is 41.8 Å². The predicted octanol–water partition coefficient (Wildman–Crippen LogP) is 3.58. The number of hydrogen-bond acceptors (Lipinski definition) is 2. The molecule has 1 heterocycles. The van der Waals surface area contributed by atoms with Crippen LogP contribution in [0, 0.1) is 4.51 Å². The molecule has 0 spiro atoms. The van der Waals surface area contributed by atoms with E-state index in [0.29, 0.717) is 5.69 Å². The summed E-state index contributed by atoms with van der Waals surface area (Å²) in [5.41, 5.74) is 9.61. The lowest BCUT2D eigenvalue weighted by atomic mass is 10.1. The van der Waals surface area contributed by atoms with Crippen LogP contribution in [0.2, 0.25) is 0 Å². The van der Waals surface area contributed by atoms with Gasteiger partial charge < -0.3 is 10.7 Å². The fraction of sp³-hybridized carbons (Fsp3) is 0. The number of benzene rings is 2. The van der Waals surface area contributed by atoms with Crippen LogP contribution in [-0.2, 0) is 0 Å². The fourth-order valence-electron chi connectivity index (χ4n) is 1.94. The number of hydrogen-bond donors (Lipinski definition) is 2. The molecule has 0 bridgehead atoms. The molecule has 0 saturated heterocycles.